The Hall–Kier alpha value is -2.64. The average Bonchev–Trinajstić information content (AvgIpc) is 2.70. The highest BCUT2D eigenvalue weighted by molar-refractivity contribution is 5.92. The topological polar surface area (TPSA) is 108 Å². The third kappa shape index (κ3) is 4.27. The zero-order chi connectivity index (χ0) is 21.3. The van der Waals surface area contributed by atoms with Gasteiger partial charge in [-0.05, 0) is 80.8 Å². The summed E-state index contributed by atoms with van der Waals surface area (Å²) in [5, 5.41) is 14.2. The number of hydrogen-bond acceptors (Lipinski definition) is 6. The highest BCUT2D eigenvalue weighted by atomic mass is 16.6. The van der Waals surface area contributed by atoms with Gasteiger partial charge in [0, 0.05) is 12.6 Å². The normalized spacial score (nSPS) is 28.8. The summed E-state index contributed by atoms with van der Waals surface area (Å²) in [5.41, 5.74) is -0.0824. The van der Waals surface area contributed by atoms with Gasteiger partial charge in [-0.15, -0.1) is 0 Å². The van der Waals surface area contributed by atoms with Crippen LogP contribution in [0.4, 0.5) is 5.69 Å². The summed E-state index contributed by atoms with van der Waals surface area (Å²) in [6.07, 6.45) is 7.61. The van der Waals surface area contributed by atoms with Crippen LogP contribution in [-0.4, -0.2) is 36.6 Å². The molecule has 0 unspecified atom stereocenters. The fourth-order valence-corrected chi connectivity index (χ4v) is 6.12. The summed E-state index contributed by atoms with van der Waals surface area (Å²) in [6.45, 7) is 2.23. The van der Waals surface area contributed by atoms with E-state index in [2.05, 4.69) is 5.32 Å². The second-order valence-corrected chi connectivity index (χ2v) is 9.14. The van der Waals surface area contributed by atoms with E-state index < -0.39 is 17.5 Å². The van der Waals surface area contributed by atoms with E-state index in [0.717, 1.165) is 23.8 Å². The Morgan fingerprint density at radius 1 is 1.17 bits per heavy atom. The van der Waals surface area contributed by atoms with Gasteiger partial charge < -0.3 is 14.8 Å². The van der Waals surface area contributed by atoms with E-state index in [1.165, 1.54) is 50.7 Å². The highest BCUT2D eigenvalue weighted by Crippen LogP contribution is 2.59. The molecule has 162 valence electrons. The van der Waals surface area contributed by atoms with Gasteiger partial charge in [0.05, 0.1) is 17.1 Å². The highest BCUT2D eigenvalue weighted by Gasteiger charge is 2.50. The molecule has 0 radical (unpaired) electrons. The van der Waals surface area contributed by atoms with Crippen LogP contribution in [-0.2, 0) is 9.53 Å². The predicted molar refractivity (Wildman–Crippen MR) is 108 cm³/mol. The van der Waals surface area contributed by atoms with Crippen molar-refractivity contribution < 1.29 is 24.0 Å². The lowest BCUT2D eigenvalue weighted by atomic mass is 9.49. The van der Waals surface area contributed by atoms with Crippen molar-refractivity contribution in [1.82, 2.24) is 5.32 Å². The average molecular weight is 416 g/mol. The van der Waals surface area contributed by atoms with Gasteiger partial charge in [0.1, 0.15) is 0 Å². The van der Waals surface area contributed by atoms with E-state index in [4.69, 9.17) is 9.47 Å². The Morgan fingerprint density at radius 3 is 2.37 bits per heavy atom. The molecule has 0 atom stereocenters. The van der Waals surface area contributed by atoms with Gasteiger partial charge in [0.2, 0.25) is 0 Å². The molecule has 1 N–H and O–H groups in total. The van der Waals surface area contributed by atoms with Crippen molar-refractivity contribution in [2.75, 3.05) is 19.8 Å². The molecule has 5 rings (SSSR count). The number of carbonyl (C=O) groups excluding carboxylic acids is 2. The molecule has 8 heteroatoms. The molecule has 4 aliphatic rings. The second kappa shape index (κ2) is 8.24. The lowest BCUT2D eigenvalue weighted by molar-refractivity contribution is -0.385. The molecule has 1 amide bonds. The number of hydrogen-bond donors (Lipinski definition) is 1. The number of ether oxygens (including phenoxy) is 2. The first-order chi connectivity index (χ1) is 14.4. The van der Waals surface area contributed by atoms with Crippen LogP contribution in [0.25, 0.3) is 0 Å². The second-order valence-electron chi connectivity index (χ2n) is 9.14. The van der Waals surface area contributed by atoms with Crippen molar-refractivity contribution in [3.8, 4) is 5.75 Å². The van der Waals surface area contributed by atoms with Crippen molar-refractivity contribution in [3.63, 3.8) is 0 Å². The van der Waals surface area contributed by atoms with Gasteiger partial charge in [-0.1, -0.05) is 0 Å². The maximum Gasteiger partial charge on any atom is 0.338 e. The molecule has 4 bridgehead atoms. The van der Waals surface area contributed by atoms with Crippen LogP contribution in [0.3, 0.4) is 0 Å². The molecule has 30 heavy (non-hydrogen) atoms. The zero-order valence-corrected chi connectivity index (χ0v) is 17.2. The summed E-state index contributed by atoms with van der Waals surface area (Å²) in [5.74, 6) is 1.40. The molecule has 8 nitrogen and oxygen atoms in total. The third-order valence-electron chi connectivity index (χ3n) is 6.85. The molecule has 4 fully saturated rings. The van der Waals surface area contributed by atoms with Crippen molar-refractivity contribution in [3.05, 3.63) is 33.9 Å². The Kier molecular flexibility index (Phi) is 5.66. The zero-order valence-electron chi connectivity index (χ0n) is 17.2. The Morgan fingerprint density at radius 2 is 1.80 bits per heavy atom. The molecule has 0 heterocycles. The lowest BCUT2D eigenvalue weighted by Gasteiger charge is -2.56. The van der Waals surface area contributed by atoms with Crippen LogP contribution in [0.1, 0.15) is 55.8 Å². The molecule has 0 saturated heterocycles. The number of rotatable bonds is 8. The number of nitro benzene ring substituents is 1. The minimum Gasteiger partial charge on any atom is -0.487 e. The van der Waals surface area contributed by atoms with E-state index in [1.54, 1.807) is 6.92 Å². The lowest BCUT2D eigenvalue weighted by Crippen LogP contribution is -2.51. The maximum absolute atomic E-state index is 12.3. The molecule has 1 aromatic carbocycles. The van der Waals surface area contributed by atoms with E-state index in [9.17, 15) is 19.7 Å². The van der Waals surface area contributed by atoms with E-state index in [0.29, 0.717) is 6.54 Å². The Labute approximate surface area is 175 Å². The largest absolute Gasteiger partial charge is 0.487 e. The van der Waals surface area contributed by atoms with Crippen LogP contribution in [0.5, 0.6) is 5.75 Å². The van der Waals surface area contributed by atoms with Gasteiger partial charge in [0.25, 0.3) is 5.91 Å². The number of esters is 1. The van der Waals surface area contributed by atoms with Gasteiger partial charge in [0.15, 0.2) is 12.4 Å². The van der Waals surface area contributed by atoms with Gasteiger partial charge in [-0.3, -0.25) is 14.9 Å². The fraction of sp³-hybridized carbons (Fsp3) is 0.636. The summed E-state index contributed by atoms with van der Waals surface area (Å²) in [7, 11) is 0. The number of nitro groups is 1. The maximum atomic E-state index is 12.3. The van der Waals surface area contributed by atoms with Crippen molar-refractivity contribution in [1.29, 1.82) is 0 Å². The van der Waals surface area contributed by atoms with Crippen LogP contribution in [0, 0.1) is 33.3 Å². The molecular weight excluding hydrogens is 388 g/mol. The third-order valence-corrected chi connectivity index (χ3v) is 6.85. The van der Waals surface area contributed by atoms with E-state index in [1.807, 2.05) is 0 Å². The fourth-order valence-electron chi connectivity index (χ4n) is 6.12. The van der Waals surface area contributed by atoms with Gasteiger partial charge in [-0.2, -0.15) is 0 Å². The minimum absolute atomic E-state index is 0.0130. The molecule has 0 aliphatic heterocycles. The first-order valence-electron chi connectivity index (χ1n) is 10.7. The van der Waals surface area contributed by atoms with E-state index >= 15 is 0 Å². The molecular formula is C22H28N2O6. The van der Waals surface area contributed by atoms with E-state index in [-0.39, 0.29) is 34.9 Å². The number of carbonyl (C=O) groups is 2. The van der Waals surface area contributed by atoms with Crippen LogP contribution >= 0.6 is 0 Å². The number of amides is 1. The van der Waals surface area contributed by atoms with Crippen LogP contribution < -0.4 is 10.1 Å². The van der Waals surface area contributed by atoms with Crippen molar-refractivity contribution >= 4 is 17.6 Å². The van der Waals surface area contributed by atoms with Gasteiger partial charge >= 0.3 is 11.7 Å². The summed E-state index contributed by atoms with van der Waals surface area (Å²) in [6, 6.07) is 3.87. The number of nitrogens with one attached hydrogen (secondary N) is 1. The molecule has 0 spiro atoms. The molecule has 0 aromatic heterocycles. The van der Waals surface area contributed by atoms with Crippen LogP contribution in [0.15, 0.2) is 18.2 Å². The quantitative estimate of drug-likeness (QED) is 0.395. The summed E-state index contributed by atoms with van der Waals surface area (Å²) >= 11 is 0. The summed E-state index contributed by atoms with van der Waals surface area (Å²) in [4.78, 5) is 35.1. The Balaban J connectivity index is 1.29. The van der Waals surface area contributed by atoms with Gasteiger partial charge in [-0.25, -0.2) is 4.79 Å². The minimum atomic E-state index is -0.772. The van der Waals surface area contributed by atoms with Crippen LogP contribution in [0.2, 0.25) is 0 Å². The summed E-state index contributed by atoms with van der Waals surface area (Å²) < 4.78 is 10.3. The Bertz CT molecular complexity index is 817. The van der Waals surface area contributed by atoms with Crippen molar-refractivity contribution in [2.45, 2.75) is 45.4 Å². The molecule has 4 saturated carbocycles. The SMILES string of the molecule is CCOc1ccc(C(=O)OCC(=O)NCC23CC4CC(CC(C4)C2)C3)cc1[N+](=O)[O-]. The first-order valence-corrected chi connectivity index (χ1v) is 10.7. The standard InChI is InChI=1S/C22H28N2O6/c1-2-29-19-4-3-17(8-18(19)24(27)28)21(26)30-12-20(25)23-13-22-9-14-5-15(10-22)7-16(6-14)11-22/h3-4,8,14-16H,2,5-7,9-13H2,1H3,(H,23,25). The monoisotopic (exact) mass is 416 g/mol. The first kappa shape index (κ1) is 20.6. The predicted octanol–water partition coefficient (Wildman–Crippen LogP) is 3.48. The molecule has 1 aromatic rings. The number of benzene rings is 1. The number of nitrogens with zero attached hydrogens (tertiary/aromatic N) is 1. The molecule has 4 aliphatic carbocycles. The smallest absolute Gasteiger partial charge is 0.338 e. The van der Waals surface area contributed by atoms with Crippen molar-refractivity contribution in [2.24, 2.45) is 23.2 Å².